The van der Waals surface area contributed by atoms with Gasteiger partial charge in [-0.2, -0.15) is 0 Å². The van der Waals surface area contributed by atoms with Crippen molar-refractivity contribution in [3.8, 4) is 0 Å². The highest BCUT2D eigenvalue weighted by molar-refractivity contribution is 7.90. The molecule has 0 aromatic heterocycles. The molecule has 0 saturated heterocycles. The Morgan fingerprint density at radius 1 is 1.29 bits per heavy atom. The zero-order valence-corrected chi connectivity index (χ0v) is 10.5. The van der Waals surface area contributed by atoms with E-state index in [-0.39, 0.29) is 11.3 Å². The average Bonchev–Trinajstić information content (AvgIpc) is 2.12. The highest BCUT2D eigenvalue weighted by Crippen LogP contribution is 2.06. The standard InChI is InChI=1S/C9H20ClNO2S/c1-3-4-5-6-7-9(2)11-14(12,13)8-10/h9,11H,3-8H2,1-2H3. The van der Waals surface area contributed by atoms with Gasteiger partial charge in [-0.1, -0.05) is 32.6 Å². The second-order valence-electron chi connectivity index (χ2n) is 3.59. The van der Waals surface area contributed by atoms with Gasteiger partial charge < -0.3 is 0 Å². The Morgan fingerprint density at radius 3 is 2.43 bits per heavy atom. The van der Waals surface area contributed by atoms with Crippen LogP contribution in [-0.2, 0) is 10.0 Å². The Hall–Kier alpha value is 0.200. The lowest BCUT2D eigenvalue weighted by Gasteiger charge is -2.12. The first-order valence-electron chi connectivity index (χ1n) is 5.07. The molecule has 86 valence electrons. The lowest BCUT2D eigenvalue weighted by Crippen LogP contribution is -2.33. The molecule has 0 saturated carbocycles. The van der Waals surface area contributed by atoms with Crippen molar-refractivity contribution in [3.63, 3.8) is 0 Å². The van der Waals surface area contributed by atoms with E-state index in [4.69, 9.17) is 11.6 Å². The summed E-state index contributed by atoms with van der Waals surface area (Å²) in [6.45, 7) is 4.02. The summed E-state index contributed by atoms with van der Waals surface area (Å²) in [5, 5.41) is -0.355. The van der Waals surface area contributed by atoms with Gasteiger partial charge >= 0.3 is 0 Å². The lowest BCUT2D eigenvalue weighted by molar-refractivity contribution is 0.524. The van der Waals surface area contributed by atoms with E-state index in [0.717, 1.165) is 12.8 Å². The zero-order valence-electron chi connectivity index (χ0n) is 8.92. The van der Waals surface area contributed by atoms with Crippen LogP contribution in [0, 0.1) is 0 Å². The molecular formula is C9H20ClNO2S. The first-order chi connectivity index (χ1) is 6.52. The van der Waals surface area contributed by atoms with Gasteiger partial charge in [0.15, 0.2) is 0 Å². The molecule has 0 spiro atoms. The molecule has 3 nitrogen and oxygen atoms in total. The molecule has 0 radical (unpaired) electrons. The number of unbranched alkanes of at least 4 members (excludes halogenated alkanes) is 3. The van der Waals surface area contributed by atoms with Gasteiger partial charge in [0.05, 0.1) is 0 Å². The van der Waals surface area contributed by atoms with Crippen molar-refractivity contribution in [2.45, 2.75) is 52.0 Å². The van der Waals surface area contributed by atoms with Gasteiger partial charge in [0.25, 0.3) is 0 Å². The first kappa shape index (κ1) is 14.2. The van der Waals surface area contributed by atoms with Crippen LogP contribution in [0.1, 0.15) is 46.0 Å². The van der Waals surface area contributed by atoms with Gasteiger partial charge in [-0.15, -0.1) is 11.6 Å². The third kappa shape index (κ3) is 7.59. The molecule has 0 aromatic carbocycles. The van der Waals surface area contributed by atoms with E-state index >= 15 is 0 Å². The number of halogens is 1. The predicted molar refractivity (Wildman–Crippen MR) is 61.0 cm³/mol. The molecule has 0 aromatic rings. The van der Waals surface area contributed by atoms with Crippen molar-refractivity contribution >= 4 is 21.6 Å². The first-order valence-corrected chi connectivity index (χ1v) is 7.26. The van der Waals surface area contributed by atoms with E-state index in [1.807, 2.05) is 6.92 Å². The SMILES string of the molecule is CCCCCCC(C)NS(=O)(=O)CCl. The highest BCUT2D eigenvalue weighted by atomic mass is 35.5. The van der Waals surface area contributed by atoms with E-state index in [0.29, 0.717) is 0 Å². The Morgan fingerprint density at radius 2 is 1.93 bits per heavy atom. The van der Waals surface area contributed by atoms with E-state index in [2.05, 4.69) is 11.6 Å². The van der Waals surface area contributed by atoms with Gasteiger partial charge in [-0.3, -0.25) is 0 Å². The van der Waals surface area contributed by atoms with Crippen LogP contribution in [0.3, 0.4) is 0 Å². The zero-order chi connectivity index (χ0) is 11.0. The van der Waals surface area contributed by atoms with Gasteiger partial charge in [0, 0.05) is 6.04 Å². The van der Waals surface area contributed by atoms with Crippen LogP contribution in [-0.4, -0.2) is 19.7 Å². The summed E-state index contributed by atoms with van der Waals surface area (Å²) in [5.41, 5.74) is 0. The summed E-state index contributed by atoms with van der Waals surface area (Å²) >= 11 is 5.27. The van der Waals surface area contributed by atoms with Crippen LogP contribution in [0.15, 0.2) is 0 Å². The van der Waals surface area contributed by atoms with Gasteiger partial charge in [0.1, 0.15) is 5.21 Å². The molecule has 0 bridgehead atoms. The smallest absolute Gasteiger partial charge is 0.211 e. The molecule has 0 rings (SSSR count). The van der Waals surface area contributed by atoms with Gasteiger partial charge in [0.2, 0.25) is 10.0 Å². The summed E-state index contributed by atoms with van der Waals surface area (Å²) in [5.74, 6) is 0. The molecule has 0 aliphatic rings. The summed E-state index contributed by atoms with van der Waals surface area (Å²) in [4.78, 5) is 0. The van der Waals surface area contributed by atoms with Crippen molar-refractivity contribution in [1.82, 2.24) is 4.72 Å². The van der Waals surface area contributed by atoms with E-state index in [1.165, 1.54) is 19.3 Å². The van der Waals surface area contributed by atoms with Crippen LogP contribution in [0.5, 0.6) is 0 Å². The van der Waals surface area contributed by atoms with Gasteiger partial charge in [-0.25, -0.2) is 13.1 Å². The minimum absolute atomic E-state index is 0.00407. The number of rotatable bonds is 8. The number of hydrogen-bond donors (Lipinski definition) is 1. The molecule has 5 heteroatoms. The fraction of sp³-hybridized carbons (Fsp3) is 1.00. The minimum atomic E-state index is -3.25. The molecule has 0 heterocycles. The second kappa shape index (κ2) is 7.49. The topological polar surface area (TPSA) is 46.2 Å². The summed E-state index contributed by atoms with van der Waals surface area (Å²) in [7, 11) is -3.25. The average molecular weight is 242 g/mol. The number of sulfonamides is 1. The normalized spacial score (nSPS) is 14.2. The van der Waals surface area contributed by atoms with E-state index < -0.39 is 10.0 Å². The van der Waals surface area contributed by atoms with Crippen LogP contribution >= 0.6 is 11.6 Å². The minimum Gasteiger partial charge on any atom is -0.211 e. The van der Waals surface area contributed by atoms with Gasteiger partial charge in [-0.05, 0) is 13.3 Å². The van der Waals surface area contributed by atoms with Crippen molar-refractivity contribution in [2.24, 2.45) is 0 Å². The maximum atomic E-state index is 11.1. The van der Waals surface area contributed by atoms with Crippen molar-refractivity contribution in [1.29, 1.82) is 0 Å². The van der Waals surface area contributed by atoms with Crippen LogP contribution in [0.4, 0.5) is 0 Å². The molecule has 0 aliphatic heterocycles. The van der Waals surface area contributed by atoms with E-state index in [9.17, 15) is 8.42 Å². The number of hydrogen-bond acceptors (Lipinski definition) is 2. The Kier molecular flexibility index (Phi) is 7.59. The fourth-order valence-electron chi connectivity index (χ4n) is 1.27. The Balaban J connectivity index is 3.60. The molecule has 1 unspecified atom stereocenters. The van der Waals surface area contributed by atoms with Crippen LogP contribution in [0.2, 0.25) is 0 Å². The molecular weight excluding hydrogens is 222 g/mol. The largest absolute Gasteiger partial charge is 0.225 e. The third-order valence-corrected chi connectivity index (χ3v) is 3.93. The maximum Gasteiger partial charge on any atom is 0.225 e. The summed E-state index contributed by atoms with van der Waals surface area (Å²) in [6, 6.07) is -0.00407. The summed E-state index contributed by atoms with van der Waals surface area (Å²) < 4.78 is 24.6. The number of alkyl halides is 1. The Bertz CT molecular complexity index is 229. The van der Waals surface area contributed by atoms with Crippen LogP contribution < -0.4 is 4.72 Å². The fourth-order valence-corrected chi connectivity index (χ4v) is 2.26. The maximum absolute atomic E-state index is 11.1. The van der Waals surface area contributed by atoms with Crippen LogP contribution in [0.25, 0.3) is 0 Å². The van der Waals surface area contributed by atoms with Crippen molar-refractivity contribution in [2.75, 3.05) is 5.21 Å². The lowest BCUT2D eigenvalue weighted by atomic mass is 10.1. The van der Waals surface area contributed by atoms with E-state index in [1.54, 1.807) is 0 Å². The number of nitrogens with one attached hydrogen (secondary N) is 1. The third-order valence-electron chi connectivity index (χ3n) is 2.02. The molecule has 0 fully saturated rings. The monoisotopic (exact) mass is 241 g/mol. The molecule has 0 amide bonds. The molecule has 14 heavy (non-hydrogen) atoms. The van der Waals surface area contributed by atoms with Crippen molar-refractivity contribution in [3.05, 3.63) is 0 Å². The quantitative estimate of drug-likeness (QED) is 0.524. The Labute approximate surface area is 92.3 Å². The molecule has 0 aliphatic carbocycles. The molecule has 1 N–H and O–H groups in total. The molecule has 1 atom stereocenters. The second-order valence-corrected chi connectivity index (χ2v) is 5.93. The predicted octanol–water partition coefficient (Wildman–Crippen LogP) is 2.46. The van der Waals surface area contributed by atoms with Crippen molar-refractivity contribution < 1.29 is 8.42 Å². The summed E-state index contributed by atoms with van der Waals surface area (Å²) in [6.07, 6.45) is 5.54. The highest BCUT2D eigenvalue weighted by Gasteiger charge is 2.11.